The van der Waals surface area contributed by atoms with E-state index in [-0.39, 0.29) is 0 Å². The van der Waals surface area contributed by atoms with E-state index in [9.17, 15) is 0 Å². The van der Waals surface area contributed by atoms with Gasteiger partial charge in [-0.25, -0.2) is 0 Å². The quantitative estimate of drug-likeness (QED) is 0.0598. The molecule has 0 amide bonds. The van der Waals surface area contributed by atoms with E-state index in [1.807, 2.05) is 0 Å². The molecule has 18 aliphatic rings. The summed E-state index contributed by atoms with van der Waals surface area (Å²) in [5, 5.41) is 0. The number of allylic oxidation sites excluding steroid dienone is 18. The zero-order valence-electron chi connectivity index (χ0n) is 65.2. The molecular formula is C97H158. The summed E-state index contributed by atoms with van der Waals surface area (Å²) in [6.45, 7) is 18.6. The molecule has 0 aromatic carbocycles. The lowest BCUT2D eigenvalue weighted by Crippen LogP contribution is -2.06. The zero-order valence-corrected chi connectivity index (χ0v) is 65.2. The number of hydrogen-bond acceptors (Lipinski definition) is 0. The maximum absolute atomic E-state index is 2.50. The van der Waals surface area contributed by atoms with Crippen LogP contribution < -0.4 is 0 Å². The Morgan fingerprint density at radius 1 is 0.186 bits per heavy atom. The molecule has 0 aromatic rings. The maximum Gasteiger partial charge on any atom is -0.0199 e. The molecule has 546 valence electrons. The number of hydrogen-bond donors (Lipinski definition) is 0. The predicted octanol–water partition coefficient (Wildman–Crippen LogP) is 29.9. The van der Waals surface area contributed by atoms with Crippen LogP contribution in [0.1, 0.15) is 344 Å². The summed E-state index contributed by atoms with van der Waals surface area (Å²) < 4.78 is 0. The van der Waals surface area contributed by atoms with E-state index in [4.69, 9.17) is 0 Å². The summed E-state index contributed by atoms with van der Waals surface area (Å²) in [5.41, 5.74) is 0. The summed E-state index contributed by atoms with van der Waals surface area (Å²) in [4.78, 5) is 0. The third-order valence-corrected chi connectivity index (χ3v) is 29.7. The van der Waals surface area contributed by atoms with Crippen LogP contribution in [0, 0.1) is 154 Å². The Hall–Kier alpha value is -2.34. The molecule has 0 heterocycles. The van der Waals surface area contributed by atoms with Crippen molar-refractivity contribution in [1.29, 1.82) is 0 Å². The fraction of sp³-hybridized carbons (Fsp3) is 0.814. The van der Waals surface area contributed by atoms with E-state index < -0.39 is 0 Å². The minimum Gasteiger partial charge on any atom is -0.0851 e. The van der Waals surface area contributed by atoms with Crippen LogP contribution in [0.4, 0.5) is 0 Å². The first-order valence-corrected chi connectivity index (χ1v) is 44.7. The zero-order chi connectivity index (χ0) is 67.6. The molecule has 0 saturated heterocycles. The van der Waals surface area contributed by atoms with Gasteiger partial charge in [-0.1, -0.05) is 306 Å². The van der Waals surface area contributed by atoms with Gasteiger partial charge in [-0.05, 0) is 302 Å². The Morgan fingerprint density at radius 3 is 0.567 bits per heavy atom. The molecule has 0 radical (unpaired) electrons. The fourth-order valence-electron chi connectivity index (χ4n) is 23.5. The van der Waals surface area contributed by atoms with Crippen molar-refractivity contribution in [2.75, 3.05) is 0 Å². The van der Waals surface area contributed by atoms with E-state index in [1.165, 1.54) is 289 Å². The van der Waals surface area contributed by atoms with Gasteiger partial charge in [0, 0.05) is 0 Å². The Balaban J connectivity index is 0.000000120. The smallest absolute Gasteiger partial charge is 0.0199 e. The molecule has 0 N–H and O–H groups in total. The molecule has 0 nitrogen and oxygen atoms in total. The summed E-state index contributed by atoms with van der Waals surface area (Å²) in [7, 11) is 0. The van der Waals surface area contributed by atoms with Gasteiger partial charge < -0.3 is 0 Å². The first-order chi connectivity index (χ1) is 47.6. The van der Waals surface area contributed by atoms with Crippen molar-refractivity contribution in [3.05, 3.63) is 109 Å². The number of fused-ring (bicyclic) bond motifs is 18. The molecule has 0 aromatic heterocycles. The van der Waals surface area contributed by atoms with Gasteiger partial charge in [-0.2, -0.15) is 0 Å². The van der Waals surface area contributed by atoms with Crippen molar-refractivity contribution >= 4 is 0 Å². The molecule has 97 heavy (non-hydrogen) atoms. The fourth-order valence-corrected chi connectivity index (χ4v) is 23.5. The molecule has 0 heteroatoms. The lowest BCUT2D eigenvalue weighted by Gasteiger charge is -2.17. The van der Waals surface area contributed by atoms with Gasteiger partial charge in [0.1, 0.15) is 0 Å². The Labute approximate surface area is 604 Å². The van der Waals surface area contributed by atoms with E-state index in [0.29, 0.717) is 0 Å². The van der Waals surface area contributed by atoms with Crippen LogP contribution in [-0.2, 0) is 0 Å². The van der Waals surface area contributed by atoms with Crippen LogP contribution in [0.25, 0.3) is 0 Å². The minimum absolute atomic E-state index is 0.958. The summed E-state index contributed by atoms with van der Waals surface area (Å²) >= 11 is 0. The minimum atomic E-state index is 0.958. The first kappa shape index (κ1) is 77.3. The second-order valence-corrected chi connectivity index (χ2v) is 37.1. The first-order valence-electron chi connectivity index (χ1n) is 44.7. The molecule has 18 rings (SSSR count). The third kappa shape index (κ3) is 24.4. The van der Waals surface area contributed by atoms with Crippen LogP contribution in [0.2, 0.25) is 0 Å². The van der Waals surface area contributed by atoms with Crippen LogP contribution in [0.5, 0.6) is 0 Å². The van der Waals surface area contributed by atoms with E-state index >= 15 is 0 Å². The molecule has 26 atom stereocenters. The number of rotatable bonds is 26. The van der Waals surface area contributed by atoms with Gasteiger partial charge in [0.2, 0.25) is 0 Å². The standard InChI is InChI=1S/C17H30.C15H26.C13H22.C11H18.2C9H14.2C8H12.C7H10/c1-2-3-4-5-6-7-8-9-10-16-13-15-11-12-17(16)14-15;1-2-3-4-5-6-7-8-14-11-13-9-10-15(14)12-13;1-2-3-4-5-6-12-9-11-7-8-13(12)10-11;1-2-3-4-10-7-9-5-6-11(10)8-9;2*1-2-8-5-7-3-4-9(8)6-7;2*1-6-4-7-2-3-8(6)5-7;1-2-7-4-3-6(1)5-7/h11-12,15-17H,2-10,13-14H2,1H3;9-10,13-15H,2-8,11-12H2,1H3;7-8,11-13H,2-6,9-10H2,1H3;5-6,9-11H,2-4,7-8H2,1H3;2*3-4,7-9H,2,5-6H2,1H3;2*2-3,6-8H,4-5H2,1H3;1-2,6-7H,3-5H2. The van der Waals surface area contributed by atoms with Crippen LogP contribution in [-0.4, -0.2) is 0 Å². The molecule has 0 spiro atoms. The van der Waals surface area contributed by atoms with E-state index in [2.05, 4.69) is 165 Å². The van der Waals surface area contributed by atoms with Crippen LogP contribution >= 0.6 is 0 Å². The van der Waals surface area contributed by atoms with Crippen LogP contribution in [0.3, 0.4) is 0 Å². The molecule has 9 fully saturated rings. The lowest BCUT2D eigenvalue weighted by molar-refractivity contribution is 0.393. The van der Waals surface area contributed by atoms with Gasteiger partial charge in [-0.15, -0.1) is 0 Å². The predicted molar refractivity (Wildman–Crippen MR) is 426 cm³/mol. The van der Waals surface area contributed by atoms with E-state index in [0.717, 1.165) is 154 Å². The number of unbranched alkanes of at least 4 members (excludes halogenated alkanes) is 16. The topological polar surface area (TPSA) is 0 Å². The summed E-state index contributed by atoms with van der Waals surface area (Å²) in [5.74, 6) is 25.8. The molecule has 9 saturated carbocycles. The SMILES string of the molecule is C1=CC2CCC1C2.CC1CC2C=CC1C2.CC1CC2C=CC1C2.CCC1CC2C=CC1C2.CCC1CC2C=CC1C2.CCCCC1CC2C=CC1C2.CCCCCCC1CC2C=CC1C2.CCCCCCCCC1CC2C=CC1C2.CCCCCCCCCCC1CC2C=CC1C2. The summed E-state index contributed by atoms with van der Waals surface area (Å²) in [6, 6.07) is 0. The Morgan fingerprint density at radius 2 is 0.402 bits per heavy atom. The highest BCUT2D eigenvalue weighted by molar-refractivity contribution is 5.15. The van der Waals surface area contributed by atoms with Crippen molar-refractivity contribution in [1.82, 2.24) is 0 Å². The van der Waals surface area contributed by atoms with Gasteiger partial charge in [-0.3, -0.25) is 0 Å². The van der Waals surface area contributed by atoms with Crippen molar-refractivity contribution in [3.63, 3.8) is 0 Å². The second kappa shape index (κ2) is 41.8. The maximum atomic E-state index is 2.50. The van der Waals surface area contributed by atoms with Crippen LogP contribution in [0.15, 0.2) is 109 Å². The van der Waals surface area contributed by atoms with Gasteiger partial charge in [0.15, 0.2) is 0 Å². The average molecular weight is 1320 g/mol. The Kier molecular flexibility index (Phi) is 33.3. The largest absolute Gasteiger partial charge is 0.0851 e. The normalized spacial score (nSPS) is 40.1. The molecule has 18 bridgehead atoms. The molecule has 26 unspecified atom stereocenters. The van der Waals surface area contributed by atoms with Crippen molar-refractivity contribution in [3.8, 4) is 0 Å². The lowest BCUT2D eigenvalue weighted by atomic mass is 9.88. The highest BCUT2D eigenvalue weighted by atomic mass is 14.4. The van der Waals surface area contributed by atoms with Crippen molar-refractivity contribution < 1.29 is 0 Å². The Bertz CT molecular complexity index is 2370. The monoisotopic (exact) mass is 1320 g/mol. The van der Waals surface area contributed by atoms with E-state index in [1.54, 1.807) is 0 Å². The van der Waals surface area contributed by atoms with Gasteiger partial charge in [0.05, 0.1) is 0 Å². The highest BCUT2D eigenvalue weighted by Crippen LogP contribution is 2.51. The third-order valence-electron chi connectivity index (χ3n) is 29.7. The molecule has 18 aliphatic carbocycles. The van der Waals surface area contributed by atoms with Crippen molar-refractivity contribution in [2.24, 2.45) is 154 Å². The second-order valence-electron chi connectivity index (χ2n) is 37.1. The highest BCUT2D eigenvalue weighted by Gasteiger charge is 2.40. The molecular weight excluding hydrogens is 1170 g/mol. The van der Waals surface area contributed by atoms with Gasteiger partial charge >= 0.3 is 0 Å². The summed E-state index contributed by atoms with van der Waals surface area (Å²) in [6.07, 6.45) is 110. The molecule has 0 aliphatic heterocycles. The van der Waals surface area contributed by atoms with Crippen molar-refractivity contribution in [2.45, 2.75) is 344 Å². The van der Waals surface area contributed by atoms with Gasteiger partial charge in [0.25, 0.3) is 0 Å². The average Bonchev–Trinajstić information content (AvgIpc) is 1.84.